The lowest BCUT2D eigenvalue weighted by Crippen LogP contribution is -2.15. The highest BCUT2D eigenvalue weighted by atomic mass is 32.2. The van der Waals surface area contributed by atoms with Crippen LogP contribution in [0.15, 0.2) is 41.3 Å². The second kappa shape index (κ2) is 4.84. The van der Waals surface area contributed by atoms with E-state index in [9.17, 15) is 8.42 Å². The van der Waals surface area contributed by atoms with Crippen molar-refractivity contribution in [2.45, 2.75) is 30.8 Å². The van der Waals surface area contributed by atoms with Crippen LogP contribution in [-0.2, 0) is 10.0 Å². The Morgan fingerprint density at radius 3 is 2.50 bits per heavy atom. The van der Waals surface area contributed by atoms with Crippen molar-refractivity contribution in [3.05, 3.63) is 42.0 Å². The summed E-state index contributed by atoms with van der Waals surface area (Å²) in [7, 11) is -3.41. The molecule has 1 N–H and O–H groups in total. The van der Waals surface area contributed by atoms with Gasteiger partial charge in [0.15, 0.2) is 0 Å². The van der Waals surface area contributed by atoms with Gasteiger partial charge in [0.1, 0.15) is 0 Å². The Morgan fingerprint density at radius 1 is 1.33 bits per heavy atom. The summed E-state index contributed by atoms with van der Waals surface area (Å²) >= 11 is 0. The molecule has 1 heterocycles. The van der Waals surface area contributed by atoms with E-state index in [4.69, 9.17) is 5.11 Å². The first kappa shape index (κ1) is 13.3. The van der Waals surface area contributed by atoms with E-state index in [1.54, 1.807) is 36.4 Å². The van der Waals surface area contributed by atoms with E-state index in [-0.39, 0.29) is 18.7 Å². The predicted molar refractivity (Wildman–Crippen MR) is 69.7 cm³/mol. The Labute approximate surface area is 108 Å². The van der Waals surface area contributed by atoms with Crippen LogP contribution in [0.25, 0.3) is 0 Å². The minimum absolute atomic E-state index is 0.0425. The first-order valence-electron chi connectivity index (χ1n) is 5.86. The molecule has 0 saturated carbocycles. The van der Waals surface area contributed by atoms with E-state index >= 15 is 0 Å². The summed E-state index contributed by atoms with van der Waals surface area (Å²) in [6.07, 6.45) is 3.31. The number of sulfonamides is 1. The fourth-order valence-electron chi connectivity index (χ4n) is 2.00. The lowest BCUT2D eigenvalue weighted by molar-refractivity contribution is 0.342. The van der Waals surface area contributed by atoms with Crippen LogP contribution >= 0.6 is 0 Å². The number of rotatable bonds is 4. The van der Waals surface area contributed by atoms with Gasteiger partial charge in [0.25, 0.3) is 0 Å². The van der Waals surface area contributed by atoms with E-state index in [0.717, 1.165) is 5.56 Å². The maximum atomic E-state index is 12.3. The molecule has 1 fully saturated rings. The number of nitrogens with zero attached hydrogens (tertiary/aromatic N) is 1. The van der Waals surface area contributed by atoms with Gasteiger partial charge in [-0.05, 0) is 26.0 Å². The zero-order valence-corrected chi connectivity index (χ0v) is 11.3. The Balaban J connectivity index is 2.23. The monoisotopic (exact) mass is 267 g/mol. The molecular formula is C13H17NO3S. The second-order valence-electron chi connectivity index (χ2n) is 4.49. The minimum Gasteiger partial charge on any atom is -0.392 e. The highest BCUT2D eigenvalue weighted by molar-refractivity contribution is 7.89. The van der Waals surface area contributed by atoms with Crippen molar-refractivity contribution in [1.82, 2.24) is 4.31 Å². The van der Waals surface area contributed by atoms with Crippen LogP contribution in [0.4, 0.5) is 0 Å². The molecule has 18 heavy (non-hydrogen) atoms. The molecule has 0 amide bonds. The van der Waals surface area contributed by atoms with Crippen LogP contribution in [0.1, 0.15) is 12.5 Å². The molecule has 98 valence electrons. The van der Waals surface area contributed by atoms with Crippen molar-refractivity contribution in [3.63, 3.8) is 0 Å². The predicted octanol–water partition coefficient (Wildman–Crippen LogP) is 1.30. The number of hydrogen-bond donors (Lipinski definition) is 1. The van der Waals surface area contributed by atoms with Crippen LogP contribution in [0.3, 0.4) is 0 Å². The highest BCUT2D eigenvalue weighted by Gasteiger charge is 2.50. The highest BCUT2D eigenvalue weighted by Crippen LogP contribution is 2.36. The zero-order chi connectivity index (χ0) is 13.3. The van der Waals surface area contributed by atoms with Gasteiger partial charge >= 0.3 is 0 Å². The van der Waals surface area contributed by atoms with Gasteiger partial charge in [0.2, 0.25) is 10.0 Å². The molecule has 2 rings (SSSR count). The van der Waals surface area contributed by atoms with Crippen molar-refractivity contribution in [3.8, 4) is 0 Å². The third kappa shape index (κ3) is 2.34. The normalized spacial score (nSPS) is 27.6. The van der Waals surface area contributed by atoms with Gasteiger partial charge in [-0.3, -0.25) is 0 Å². The third-order valence-electron chi connectivity index (χ3n) is 3.13. The Hall–Kier alpha value is -1.17. The SMILES string of the molecule is Cc1ccc(S(=O)(=O)N2C(C)C2/C=C/CO)cc1. The maximum Gasteiger partial charge on any atom is 0.243 e. The zero-order valence-electron chi connectivity index (χ0n) is 10.4. The van der Waals surface area contributed by atoms with Crippen LogP contribution < -0.4 is 0 Å². The van der Waals surface area contributed by atoms with Gasteiger partial charge < -0.3 is 5.11 Å². The summed E-state index contributed by atoms with van der Waals surface area (Å²) in [6.45, 7) is 3.71. The van der Waals surface area contributed by atoms with E-state index in [1.807, 2.05) is 13.8 Å². The van der Waals surface area contributed by atoms with E-state index in [0.29, 0.717) is 4.90 Å². The lowest BCUT2D eigenvalue weighted by atomic mass is 10.2. The number of hydrogen-bond acceptors (Lipinski definition) is 3. The van der Waals surface area contributed by atoms with Gasteiger partial charge in [-0.15, -0.1) is 0 Å². The van der Waals surface area contributed by atoms with Gasteiger partial charge in [0, 0.05) is 6.04 Å². The van der Waals surface area contributed by atoms with Crippen molar-refractivity contribution in [2.75, 3.05) is 6.61 Å². The Bertz CT molecular complexity index is 548. The molecule has 1 aliphatic heterocycles. The first-order valence-corrected chi connectivity index (χ1v) is 7.30. The molecule has 0 radical (unpaired) electrons. The summed E-state index contributed by atoms with van der Waals surface area (Å²) in [5.74, 6) is 0. The standard InChI is InChI=1S/C13H17NO3S/c1-10-5-7-12(8-6-10)18(16,17)14-11(2)13(14)4-3-9-15/h3-8,11,13,15H,9H2,1-2H3/b4-3+. The summed E-state index contributed by atoms with van der Waals surface area (Å²) < 4.78 is 26.1. The molecule has 3 atom stereocenters. The second-order valence-corrected chi connectivity index (χ2v) is 6.33. The average Bonchev–Trinajstić information content (AvgIpc) is 2.98. The number of aliphatic hydroxyl groups excluding tert-OH is 1. The third-order valence-corrected chi connectivity index (χ3v) is 5.13. The molecule has 1 aromatic rings. The molecule has 0 aliphatic carbocycles. The van der Waals surface area contributed by atoms with E-state index in [1.165, 1.54) is 4.31 Å². The van der Waals surface area contributed by atoms with E-state index < -0.39 is 10.0 Å². The maximum absolute atomic E-state index is 12.3. The molecule has 3 unspecified atom stereocenters. The molecule has 1 aromatic carbocycles. The minimum atomic E-state index is -3.41. The van der Waals surface area contributed by atoms with Gasteiger partial charge in [0.05, 0.1) is 17.5 Å². The summed E-state index contributed by atoms with van der Waals surface area (Å²) in [6, 6.07) is 6.66. The van der Waals surface area contributed by atoms with Crippen molar-refractivity contribution in [2.24, 2.45) is 0 Å². The molecule has 0 aromatic heterocycles. The van der Waals surface area contributed by atoms with Crippen LogP contribution in [0, 0.1) is 6.92 Å². The largest absolute Gasteiger partial charge is 0.392 e. The topological polar surface area (TPSA) is 57.4 Å². The smallest absolute Gasteiger partial charge is 0.243 e. The molecule has 4 nitrogen and oxygen atoms in total. The molecular weight excluding hydrogens is 250 g/mol. The lowest BCUT2D eigenvalue weighted by Gasteiger charge is -2.05. The Morgan fingerprint density at radius 2 is 1.94 bits per heavy atom. The van der Waals surface area contributed by atoms with Gasteiger partial charge in [-0.1, -0.05) is 29.8 Å². The van der Waals surface area contributed by atoms with Crippen LogP contribution in [0.2, 0.25) is 0 Å². The molecule has 5 heteroatoms. The van der Waals surface area contributed by atoms with Crippen molar-refractivity contribution >= 4 is 10.0 Å². The summed E-state index contributed by atoms with van der Waals surface area (Å²) in [5, 5.41) is 8.71. The molecule has 0 bridgehead atoms. The van der Waals surface area contributed by atoms with Crippen molar-refractivity contribution < 1.29 is 13.5 Å². The summed E-state index contributed by atoms with van der Waals surface area (Å²) in [4.78, 5) is 0.319. The number of aryl methyl sites for hydroxylation is 1. The van der Waals surface area contributed by atoms with Crippen LogP contribution in [0.5, 0.6) is 0 Å². The van der Waals surface area contributed by atoms with Crippen LogP contribution in [-0.4, -0.2) is 36.5 Å². The first-order chi connectivity index (χ1) is 8.48. The quantitative estimate of drug-likeness (QED) is 0.661. The molecule has 1 saturated heterocycles. The Kier molecular flexibility index (Phi) is 3.56. The number of benzene rings is 1. The number of aliphatic hydroxyl groups is 1. The van der Waals surface area contributed by atoms with Gasteiger partial charge in [-0.2, -0.15) is 4.31 Å². The average molecular weight is 267 g/mol. The van der Waals surface area contributed by atoms with E-state index in [2.05, 4.69) is 0 Å². The molecule has 1 aliphatic rings. The summed E-state index contributed by atoms with van der Waals surface area (Å²) in [5.41, 5.74) is 1.03. The molecule has 0 spiro atoms. The van der Waals surface area contributed by atoms with Gasteiger partial charge in [-0.25, -0.2) is 8.42 Å². The fourth-order valence-corrected chi connectivity index (χ4v) is 3.80. The van der Waals surface area contributed by atoms with Crippen molar-refractivity contribution in [1.29, 1.82) is 0 Å². The fraction of sp³-hybridized carbons (Fsp3) is 0.385.